The Balaban J connectivity index is 3.39. The zero-order chi connectivity index (χ0) is 45.6. The quantitative estimate of drug-likeness (QED) is 0.0489. The van der Waals surface area contributed by atoms with E-state index in [4.69, 9.17) is 0 Å². The average Bonchev–Trinajstić information content (AvgIpc) is 3.28. The van der Waals surface area contributed by atoms with Crippen LogP contribution in [-0.2, 0) is 9.59 Å². The molecule has 3 nitrogen and oxygen atoms in total. The summed E-state index contributed by atoms with van der Waals surface area (Å²) in [5.41, 5.74) is 0. The number of hydrogen-bond acceptors (Lipinski definition) is 2. The minimum atomic E-state index is -0.899. The lowest BCUT2D eigenvalue weighted by molar-refractivity contribution is -0.146. The van der Waals surface area contributed by atoms with Crippen LogP contribution < -0.4 is 0 Å². The summed E-state index contributed by atoms with van der Waals surface area (Å²) in [5, 5.41) is 9.72. The average molecular weight is 888 g/mol. The van der Waals surface area contributed by atoms with Crippen molar-refractivity contribution in [2.45, 2.75) is 367 Å². The molecule has 63 heavy (non-hydrogen) atoms. The van der Waals surface area contributed by atoms with Gasteiger partial charge in [-0.3, -0.25) is 9.59 Å². The van der Waals surface area contributed by atoms with Crippen LogP contribution in [0.15, 0.2) is 0 Å². The lowest BCUT2D eigenvalue weighted by atomic mass is 9.93. The van der Waals surface area contributed by atoms with E-state index in [1.54, 1.807) is 0 Å². The maximum Gasteiger partial charge on any atom is 0.314 e. The fourth-order valence-corrected chi connectivity index (χ4v) is 10.1. The van der Waals surface area contributed by atoms with Gasteiger partial charge in [0.15, 0.2) is 0 Å². The minimum Gasteiger partial charge on any atom is -0.481 e. The molecule has 376 valence electrons. The number of Topliss-reactive ketones (excluding diaryl/α,β-unsaturated/α-hetero) is 1. The molecular weight excluding hydrogens is 769 g/mol. The van der Waals surface area contributed by atoms with Gasteiger partial charge in [-0.05, 0) is 12.8 Å². The molecular formula is C60H118O3. The Morgan fingerprint density at radius 3 is 0.587 bits per heavy atom. The van der Waals surface area contributed by atoms with Crippen LogP contribution in [0.4, 0.5) is 0 Å². The molecule has 0 fully saturated rings. The molecule has 0 aromatic heterocycles. The second kappa shape index (κ2) is 55.5. The van der Waals surface area contributed by atoms with Crippen molar-refractivity contribution in [3.05, 3.63) is 0 Å². The molecule has 1 atom stereocenters. The molecule has 0 aromatic carbocycles. The van der Waals surface area contributed by atoms with Crippen molar-refractivity contribution in [1.29, 1.82) is 0 Å². The number of ketones is 1. The van der Waals surface area contributed by atoms with E-state index < -0.39 is 11.9 Å². The fourth-order valence-electron chi connectivity index (χ4n) is 10.1. The number of hydrogen-bond donors (Lipinski definition) is 1. The molecule has 1 N–H and O–H groups in total. The van der Waals surface area contributed by atoms with Crippen LogP contribution in [0.5, 0.6) is 0 Å². The van der Waals surface area contributed by atoms with E-state index in [-0.39, 0.29) is 5.78 Å². The summed E-state index contributed by atoms with van der Waals surface area (Å²) in [5.74, 6) is -1.70. The number of carboxylic acids is 1. The molecule has 0 aromatic rings. The monoisotopic (exact) mass is 887 g/mol. The Morgan fingerprint density at radius 2 is 0.413 bits per heavy atom. The topological polar surface area (TPSA) is 54.4 Å². The highest BCUT2D eigenvalue weighted by molar-refractivity contribution is 5.98. The Labute approximate surface area is 397 Å². The van der Waals surface area contributed by atoms with E-state index in [0.717, 1.165) is 25.7 Å². The zero-order valence-electron chi connectivity index (χ0n) is 43.7. The Morgan fingerprint density at radius 1 is 0.254 bits per heavy atom. The molecule has 0 aliphatic heterocycles. The number of rotatable bonds is 57. The normalized spacial score (nSPS) is 12.1. The van der Waals surface area contributed by atoms with Crippen LogP contribution in [0.3, 0.4) is 0 Å². The maximum absolute atomic E-state index is 12.7. The second-order valence-electron chi connectivity index (χ2n) is 20.9. The number of unbranched alkanes of at least 4 members (excludes halogenated alkanes) is 51. The lowest BCUT2D eigenvalue weighted by Crippen LogP contribution is -2.23. The molecule has 3 heteroatoms. The predicted octanol–water partition coefficient (Wildman–Crippen LogP) is 21.8. The highest BCUT2D eigenvalue weighted by atomic mass is 16.4. The van der Waals surface area contributed by atoms with Gasteiger partial charge in [0.05, 0.1) is 0 Å². The van der Waals surface area contributed by atoms with E-state index in [1.165, 1.54) is 315 Å². The Hall–Kier alpha value is -0.860. The van der Waals surface area contributed by atoms with Crippen molar-refractivity contribution >= 4 is 11.8 Å². The summed E-state index contributed by atoms with van der Waals surface area (Å²) >= 11 is 0. The summed E-state index contributed by atoms with van der Waals surface area (Å²) in [4.78, 5) is 24.6. The Bertz CT molecular complexity index is 867. The van der Waals surface area contributed by atoms with Crippen LogP contribution in [0.2, 0.25) is 0 Å². The molecule has 0 spiro atoms. The lowest BCUT2D eigenvalue weighted by Gasteiger charge is -2.11. The van der Waals surface area contributed by atoms with Gasteiger partial charge in [0.25, 0.3) is 0 Å². The molecule has 0 amide bonds. The van der Waals surface area contributed by atoms with Crippen molar-refractivity contribution in [2.75, 3.05) is 0 Å². The van der Waals surface area contributed by atoms with Crippen LogP contribution >= 0.6 is 0 Å². The van der Waals surface area contributed by atoms with Crippen molar-refractivity contribution in [1.82, 2.24) is 0 Å². The van der Waals surface area contributed by atoms with Crippen molar-refractivity contribution in [2.24, 2.45) is 5.92 Å². The van der Waals surface area contributed by atoms with Gasteiger partial charge in [-0.1, -0.05) is 348 Å². The van der Waals surface area contributed by atoms with Gasteiger partial charge in [-0.2, -0.15) is 0 Å². The van der Waals surface area contributed by atoms with Gasteiger partial charge >= 0.3 is 5.97 Å². The van der Waals surface area contributed by atoms with Crippen LogP contribution in [-0.4, -0.2) is 16.9 Å². The largest absolute Gasteiger partial charge is 0.481 e. The third-order valence-electron chi connectivity index (χ3n) is 14.6. The summed E-state index contributed by atoms with van der Waals surface area (Å²) in [6, 6.07) is 0. The van der Waals surface area contributed by atoms with Gasteiger partial charge in [-0.15, -0.1) is 0 Å². The van der Waals surface area contributed by atoms with Crippen molar-refractivity contribution < 1.29 is 14.7 Å². The van der Waals surface area contributed by atoms with Gasteiger partial charge < -0.3 is 5.11 Å². The molecule has 0 radical (unpaired) electrons. The summed E-state index contributed by atoms with van der Waals surface area (Å²) in [7, 11) is 0. The van der Waals surface area contributed by atoms with Gasteiger partial charge in [-0.25, -0.2) is 0 Å². The van der Waals surface area contributed by atoms with Crippen LogP contribution in [0, 0.1) is 5.92 Å². The van der Waals surface area contributed by atoms with E-state index in [9.17, 15) is 14.7 Å². The third-order valence-corrected chi connectivity index (χ3v) is 14.6. The molecule has 0 saturated carbocycles. The first-order chi connectivity index (χ1) is 31.1. The fraction of sp³-hybridized carbons (Fsp3) is 0.967. The molecule has 0 rings (SSSR count). The minimum absolute atomic E-state index is 0.0262. The van der Waals surface area contributed by atoms with Gasteiger partial charge in [0.1, 0.15) is 11.7 Å². The third kappa shape index (κ3) is 52.0. The molecule has 0 bridgehead atoms. The highest BCUT2D eigenvalue weighted by Gasteiger charge is 2.24. The first kappa shape index (κ1) is 62.1. The molecule has 0 aliphatic rings. The number of carbonyl (C=O) groups is 2. The SMILES string of the molecule is CCCCCCCCCCCCCCCCCCCCCCCCCCCCCC(=O)C(CCCCCCCCCCCCCCCCCCCCCCCCCCCC)C(=O)O. The predicted molar refractivity (Wildman–Crippen MR) is 281 cm³/mol. The number of carbonyl (C=O) groups excluding carboxylic acids is 1. The number of carboxylic acid groups (broad SMARTS) is 1. The van der Waals surface area contributed by atoms with Crippen molar-refractivity contribution in [3.63, 3.8) is 0 Å². The summed E-state index contributed by atoms with van der Waals surface area (Å²) in [6.07, 6.45) is 74.0. The second-order valence-corrected chi connectivity index (χ2v) is 20.9. The van der Waals surface area contributed by atoms with Gasteiger partial charge in [0.2, 0.25) is 0 Å². The zero-order valence-corrected chi connectivity index (χ0v) is 43.7. The summed E-state index contributed by atoms with van der Waals surface area (Å²) in [6.45, 7) is 4.60. The first-order valence-corrected chi connectivity index (χ1v) is 29.9. The van der Waals surface area contributed by atoms with E-state index in [1.807, 2.05) is 0 Å². The summed E-state index contributed by atoms with van der Waals surface area (Å²) < 4.78 is 0. The number of aliphatic carboxylic acids is 1. The molecule has 0 aliphatic carbocycles. The first-order valence-electron chi connectivity index (χ1n) is 29.9. The van der Waals surface area contributed by atoms with Crippen molar-refractivity contribution in [3.8, 4) is 0 Å². The van der Waals surface area contributed by atoms with Crippen LogP contribution in [0.25, 0.3) is 0 Å². The van der Waals surface area contributed by atoms with E-state index >= 15 is 0 Å². The molecule has 0 saturated heterocycles. The highest BCUT2D eigenvalue weighted by Crippen LogP contribution is 2.21. The molecule has 1 unspecified atom stereocenters. The van der Waals surface area contributed by atoms with Gasteiger partial charge in [0, 0.05) is 6.42 Å². The smallest absolute Gasteiger partial charge is 0.314 e. The van der Waals surface area contributed by atoms with E-state index in [0.29, 0.717) is 12.8 Å². The maximum atomic E-state index is 12.7. The Kier molecular flexibility index (Phi) is 54.7. The molecule has 0 heterocycles. The standard InChI is InChI=1S/C60H118O3/c1-3-5-7-9-11-13-15-17-19-21-23-25-27-29-31-33-35-37-39-41-43-45-47-49-51-53-55-57-59(61)58(60(62)63)56-54-52-50-48-46-44-42-40-38-36-34-32-30-28-26-24-22-20-18-16-14-12-10-8-6-4-2/h58H,3-57H2,1-2H3,(H,62,63). The van der Waals surface area contributed by atoms with Crippen LogP contribution in [0.1, 0.15) is 367 Å². The van der Waals surface area contributed by atoms with E-state index in [2.05, 4.69) is 13.8 Å².